The minimum Gasteiger partial charge on any atom is -0.385 e. The maximum atomic E-state index is 4.84. The Morgan fingerprint density at radius 3 is 2.11 bits per heavy atom. The minimum absolute atomic E-state index is 0.739. The van der Waals surface area contributed by atoms with Gasteiger partial charge in [0, 0.05) is 46.7 Å². The molecule has 46 heavy (non-hydrogen) atoms. The number of allylic oxidation sites excluding steroid dienone is 6. The first-order valence-electron chi connectivity index (χ1n) is 15.5. The lowest BCUT2D eigenvalue weighted by molar-refractivity contribution is 0.873. The molecule has 4 heteroatoms. The van der Waals surface area contributed by atoms with Crippen molar-refractivity contribution >= 4 is 27.2 Å². The van der Waals surface area contributed by atoms with Crippen molar-refractivity contribution in [2.24, 2.45) is 0 Å². The molecular formula is C42H32N4. The van der Waals surface area contributed by atoms with Gasteiger partial charge in [-0.1, -0.05) is 85.5 Å². The second-order valence-electron chi connectivity index (χ2n) is 11.8. The van der Waals surface area contributed by atoms with Gasteiger partial charge in [0.05, 0.1) is 17.9 Å². The van der Waals surface area contributed by atoms with Crippen LogP contribution in [-0.2, 0) is 0 Å². The van der Waals surface area contributed by atoms with Gasteiger partial charge in [-0.05, 0) is 99.4 Å². The van der Waals surface area contributed by atoms with Crippen molar-refractivity contribution in [3.05, 3.63) is 175 Å². The third kappa shape index (κ3) is 5.00. The molecule has 2 aliphatic rings. The van der Waals surface area contributed by atoms with Crippen LogP contribution < -0.4 is 10.2 Å². The van der Waals surface area contributed by atoms with Crippen LogP contribution in [0.25, 0.3) is 55.2 Å². The summed E-state index contributed by atoms with van der Waals surface area (Å²) in [5, 5.41) is 8.34. The molecule has 4 aromatic carbocycles. The van der Waals surface area contributed by atoms with Crippen molar-refractivity contribution in [1.29, 1.82) is 0 Å². The van der Waals surface area contributed by atoms with Gasteiger partial charge in [0.1, 0.15) is 0 Å². The molecule has 0 bridgehead atoms. The molecule has 0 atom stereocenters. The molecule has 220 valence electrons. The molecule has 0 aliphatic carbocycles. The van der Waals surface area contributed by atoms with Gasteiger partial charge in [-0.2, -0.15) is 0 Å². The molecule has 2 aromatic heterocycles. The van der Waals surface area contributed by atoms with Gasteiger partial charge in [-0.15, -0.1) is 0 Å². The SMILES string of the molecule is C=C1/C=C(C)\C=C/N(c2ccc(-c3ccc(-c4ccc(-c5cc6ccccc6c6ccccc56)cn4)nc3)cc2)C2=C1C=CNC2. The van der Waals surface area contributed by atoms with Gasteiger partial charge < -0.3 is 10.2 Å². The number of dihydropyridines is 1. The number of rotatable bonds is 4. The molecule has 1 N–H and O–H groups in total. The lowest BCUT2D eigenvalue weighted by Crippen LogP contribution is -2.28. The summed E-state index contributed by atoms with van der Waals surface area (Å²) in [5.41, 5.74) is 11.8. The number of nitrogens with zero attached hydrogens (tertiary/aromatic N) is 3. The van der Waals surface area contributed by atoms with Gasteiger partial charge >= 0.3 is 0 Å². The van der Waals surface area contributed by atoms with E-state index in [1.807, 2.05) is 18.6 Å². The van der Waals surface area contributed by atoms with Gasteiger partial charge in [-0.25, -0.2) is 0 Å². The maximum Gasteiger partial charge on any atom is 0.0886 e. The lowest BCUT2D eigenvalue weighted by Gasteiger charge is -2.30. The number of benzene rings is 4. The van der Waals surface area contributed by atoms with Gasteiger partial charge in [0.25, 0.3) is 0 Å². The number of hydrogen-bond acceptors (Lipinski definition) is 4. The topological polar surface area (TPSA) is 41.1 Å². The Kier molecular flexibility index (Phi) is 6.88. The van der Waals surface area contributed by atoms with Gasteiger partial charge in [-0.3, -0.25) is 9.97 Å². The summed E-state index contributed by atoms with van der Waals surface area (Å²) in [6, 6.07) is 36.4. The van der Waals surface area contributed by atoms with Crippen LogP contribution in [0.5, 0.6) is 0 Å². The molecule has 0 radical (unpaired) electrons. The molecule has 0 fully saturated rings. The molecule has 8 rings (SSSR count). The van der Waals surface area contributed by atoms with E-state index >= 15 is 0 Å². The molecule has 4 heterocycles. The summed E-state index contributed by atoms with van der Waals surface area (Å²) < 4.78 is 0. The highest BCUT2D eigenvalue weighted by Gasteiger charge is 2.19. The summed E-state index contributed by atoms with van der Waals surface area (Å²) in [7, 11) is 0. The number of anilines is 1. The molecule has 0 unspecified atom stereocenters. The average Bonchev–Trinajstić information content (AvgIpc) is 3.11. The lowest BCUT2D eigenvalue weighted by atomic mass is 9.94. The second kappa shape index (κ2) is 11.5. The summed E-state index contributed by atoms with van der Waals surface area (Å²) in [6.45, 7) is 7.16. The molecule has 4 nitrogen and oxygen atoms in total. The predicted octanol–water partition coefficient (Wildman–Crippen LogP) is 9.99. The fourth-order valence-corrected chi connectivity index (χ4v) is 6.45. The predicted molar refractivity (Wildman–Crippen MR) is 192 cm³/mol. The Morgan fingerprint density at radius 2 is 1.37 bits per heavy atom. The van der Waals surface area contributed by atoms with E-state index in [2.05, 4.69) is 151 Å². The van der Waals surface area contributed by atoms with E-state index in [0.29, 0.717) is 0 Å². The maximum absolute atomic E-state index is 4.84. The Morgan fingerprint density at radius 1 is 0.696 bits per heavy atom. The summed E-state index contributed by atoms with van der Waals surface area (Å²) in [6.07, 6.45) is 14.4. The second-order valence-corrected chi connectivity index (χ2v) is 11.8. The van der Waals surface area contributed by atoms with E-state index in [1.54, 1.807) is 0 Å². The molecular weight excluding hydrogens is 560 g/mol. The molecule has 0 amide bonds. The molecule has 2 aliphatic heterocycles. The molecule has 6 aromatic rings. The Bertz CT molecular complexity index is 2250. The number of pyridine rings is 2. The van der Waals surface area contributed by atoms with Crippen LogP contribution in [-0.4, -0.2) is 16.5 Å². The van der Waals surface area contributed by atoms with Crippen LogP contribution >= 0.6 is 0 Å². The van der Waals surface area contributed by atoms with Crippen LogP contribution in [0.3, 0.4) is 0 Å². The fraction of sp³-hybridized carbons (Fsp3) is 0.0476. The van der Waals surface area contributed by atoms with E-state index in [0.717, 1.165) is 51.5 Å². The number of nitrogens with one attached hydrogen (secondary N) is 1. The third-order valence-electron chi connectivity index (χ3n) is 8.82. The monoisotopic (exact) mass is 592 g/mol. The standard InChI is InChI=1S/C42H32N4/c1-28-20-22-46(42-27-43-21-19-35(42)29(2)23-28)34-15-11-30(12-16-34)32-13-17-40(44-25-32)41-18-14-33(26-45-41)39-24-31-7-3-4-8-36(31)37-9-5-6-10-38(37)39/h3-26,43H,2,27H2,1H3/b22-20-,28-23-. The van der Waals surface area contributed by atoms with Crippen LogP contribution in [0.1, 0.15) is 6.92 Å². The number of fused-ring (bicyclic) bond motifs is 3. The minimum atomic E-state index is 0.739. The first-order chi connectivity index (χ1) is 22.6. The van der Waals surface area contributed by atoms with E-state index in [-0.39, 0.29) is 0 Å². The van der Waals surface area contributed by atoms with Crippen molar-refractivity contribution in [3.8, 4) is 33.6 Å². The fourth-order valence-electron chi connectivity index (χ4n) is 6.45. The summed E-state index contributed by atoms with van der Waals surface area (Å²) in [5.74, 6) is 0. The first kappa shape index (κ1) is 27.5. The van der Waals surface area contributed by atoms with Crippen molar-refractivity contribution in [2.45, 2.75) is 6.92 Å². The van der Waals surface area contributed by atoms with E-state index in [9.17, 15) is 0 Å². The highest BCUT2D eigenvalue weighted by Crippen LogP contribution is 2.36. The van der Waals surface area contributed by atoms with Gasteiger partial charge in [0.2, 0.25) is 0 Å². The van der Waals surface area contributed by atoms with E-state index in [4.69, 9.17) is 9.97 Å². The normalized spacial score (nSPS) is 16.4. The number of hydrogen-bond donors (Lipinski definition) is 1. The summed E-state index contributed by atoms with van der Waals surface area (Å²) in [4.78, 5) is 11.9. The summed E-state index contributed by atoms with van der Waals surface area (Å²) >= 11 is 0. The quantitative estimate of drug-likeness (QED) is 0.207. The zero-order chi connectivity index (χ0) is 31.0. The zero-order valence-electron chi connectivity index (χ0n) is 25.6. The molecule has 0 saturated heterocycles. The third-order valence-corrected chi connectivity index (χ3v) is 8.82. The Hall–Kier alpha value is -6.00. The van der Waals surface area contributed by atoms with Crippen molar-refractivity contribution in [1.82, 2.24) is 15.3 Å². The largest absolute Gasteiger partial charge is 0.385 e. The highest BCUT2D eigenvalue weighted by molar-refractivity contribution is 6.13. The van der Waals surface area contributed by atoms with Crippen molar-refractivity contribution in [2.75, 3.05) is 11.4 Å². The van der Waals surface area contributed by atoms with Crippen LogP contribution in [0.4, 0.5) is 5.69 Å². The highest BCUT2D eigenvalue weighted by atomic mass is 15.1. The number of aromatic nitrogens is 2. The molecule has 0 spiro atoms. The first-order valence-corrected chi connectivity index (χ1v) is 15.5. The molecule has 0 saturated carbocycles. The smallest absolute Gasteiger partial charge is 0.0886 e. The van der Waals surface area contributed by atoms with Gasteiger partial charge in [0.15, 0.2) is 0 Å². The van der Waals surface area contributed by atoms with Crippen LogP contribution in [0, 0.1) is 0 Å². The van der Waals surface area contributed by atoms with Crippen LogP contribution in [0.15, 0.2) is 175 Å². The van der Waals surface area contributed by atoms with E-state index < -0.39 is 0 Å². The Balaban J connectivity index is 1.05. The van der Waals surface area contributed by atoms with Crippen molar-refractivity contribution < 1.29 is 0 Å². The van der Waals surface area contributed by atoms with Crippen LogP contribution in [0.2, 0.25) is 0 Å². The van der Waals surface area contributed by atoms with E-state index in [1.165, 1.54) is 38.4 Å². The Labute approximate surface area is 269 Å². The van der Waals surface area contributed by atoms with Crippen molar-refractivity contribution in [3.63, 3.8) is 0 Å². The average molecular weight is 593 g/mol. The zero-order valence-corrected chi connectivity index (χ0v) is 25.6.